The Morgan fingerprint density at radius 3 is 2.39 bits per heavy atom. The minimum absolute atomic E-state index is 0.0466. The van der Waals surface area contributed by atoms with Crippen LogP contribution in [0.4, 0.5) is 10.8 Å². The summed E-state index contributed by atoms with van der Waals surface area (Å²) < 4.78 is 15.9. The van der Waals surface area contributed by atoms with Crippen LogP contribution in [-0.2, 0) is 16.1 Å². The van der Waals surface area contributed by atoms with Gasteiger partial charge in [0, 0.05) is 24.4 Å². The topological polar surface area (TPSA) is 116 Å². The average Bonchev–Trinajstić information content (AvgIpc) is 3.23. The summed E-state index contributed by atoms with van der Waals surface area (Å²) in [5.74, 6) is -0.900. The van der Waals surface area contributed by atoms with Gasteiger partial charge in [0.1, 0.15) is 6.61 Å². The first-order valence-electron chi connectivity index (χ1n) is 9.53. The molecule has 0 aliphatic carbocycles. The first-order valence-corrected chi connectivity index (χ1v) is 10.8. The first-order chi connectivity index (χ1) is 15.8. The molecule has 0 aliphatic rings. The normalized spacial score (nSPS) is 10.3. The van der Waals surface area contributed by atoms with E-state index in [0.717, 1.165) is 0 Å². The Bertz CT molecular complexity index is 1200. The van der Waals surface area contributed by atoms with Crippen molar-refractivity contribution >= 4 is 51.5 Å². The van der Waals surface area contributed by atoms with E-state index in [2.05, 4.69) is 15.6 Å². The molecule has 0 spiro atoms. The Hall–Kier alpha value is -3.63. The predicted molar refractivity (Wildman–Crippen MR) is 124 cm³/mol. The molecule has 11 heteroatoms. The Morgan fingerprint density at radius 1 is 1.03 bits per heavy atom. The molecule has 2 N–H and O–H groups in total. The van der Waals surface area contributed by atoms with Gasteiger partial charge in [-0.1, -0.05) is 23.7 Å². The fourth-order valence-corrected chi connectivity index (χ4v) is 3.75. The molecular weight excluding hydrogens is 470 g/mol. The van der Waals surface area contributed by atoms with Crippen LogP contribution in [-0.4, -0.2) is 37.0 Å². The van der Waals surface area contributed by atoms with Crippen molar-refractivity contribution in [1.29, 1.82) is 0 Å². The number of rotatable bonds is 8. The van der Waals surface area contributed by atoms with Crippen LogP contribution in [0.5, 0.6) is 11.5 Å². The van der Waals surface area contributed by atoms with Crippen molar-refractivity contribution in [3.8, 4) is 11.5 Å². The van der Waals surface area contributed by atoms with Gasteiger partial charge < -0.3 is 24.8 Å². The van der Waals surface area contributed by atoms with Crippen molar-refractivity contribution in [2.75, 3.05) is 24.9 Å². The first kappa shape index (κ1) is 24.0. The second-order valence-electron chi connectivity index (χ2n) is 6.59. The lowest BCUT2D eigenvalue weighted by atomic mass is 10.1. The molecule has 9 nitrogen and oxygen atoms in total. The Balaban J connectivity index is 1.85. The van der Waals surface area contributed by atoms with Gasteiger partial charge in [-0.05, 0) is 12.1 Å². The number of nitrogens with zero attached hydrogens (tertiary/aromatic N) is 1. The quantitative estimate of drug-likeness (QED) is 0.451. The fraction of sp³-hybridized carbons (Fsp3) is 0.182. The van der Waals surface area contributed by atoms with Crippen LogP contribution >= 0.6 is 22.9 Å². The van der Waals surface area contributed by atoms with Gasteiger partial charge in [0.25, 0.3) is 5.91 Å². The number of thiazole rings is 1. The van der Waals surface area contributed by atoms with Gasteiger partial charge in [-0.15, -0.1) is 11.3 Å². The summed E-state index contributed by atoms with van der Waals surface area (Å²) in [7, 11) is 2.86. The summed E-state index contributed by atoms with van der Waals surface area (Å²) in [6, 6.07) is 9.39. The zero-order chi connectivity index (χ0) is 24.0. The number of ether oxygens (including phenoxy) is 3. The van der Waals surface area contributed by atoms with Gasteiger partial charge in [0.15, 0.2) is 16.6 Å². The van der Waals surface area contributed by atoms with Crippen LogP contribution in [0.1, 0.15) is 33.3 Å². The van der Waals surface area contributed by atoms with Crippen molar-refractivity contribution in [2.24, 2.45) is 0 Å². The molecule has 0 bridgehead atoms. The van der Waals surface area contributed by atoms with Crippen LogP contribution in [0.15, 0.2) is 41.8 Å². The molecule has 0 fully saturated rings. The van der Waals surface area contributed by atoms with Crippen LogP contribution in [0, 0.1) is 0 Å². The molecule has 172 valence electrons. The zero-order valence-electron chi connectivity index (χ0n) is 17.9. The zero-order valence-corrected chi connectivity index (χ0v) is 19.5. The second-order valence-corrected chi connectivity index (χ2v) is 7.85. The minimum Gasteiger partial charge on any atom is -0.493 e. The number of aromatic nitrogens is 1. The molecule has 0 unspecified atom stereocenters. The van der Waals surface area contributed by atoms with Gasteiger partial charge in [-0.3, -0.25) is 9.59 Å². The Kier molecular flexibility index (Phi) is 7.86. The van der Waals surface area contributed by atoms with Gasteiger partial charge in [0.05, 0.1) is 41.8 Å². The molecule has 3 aromatic rings. The monoisotopic (exact) mass is 489 g/mol. The SMILES string of the molecule is COc1cc(NC(=O)c2ccccc2Cl)c(C(=O)OCc2csc(NC(C)=O)n2)cc1OC. The summed E-state index contributed by atoms with van der Waals surface area (Å²) in [4.78, 5) is 41.0. The summed E-state index contributed by atoms with van der Waals surface area (Å²) in [6.45, 7) is 1.23. The van der Waals surface area contributed by atoms with Crippen LogP contribution in [0.25, 0.3) is 0 Å². The summed E-state index contributed by atoms with van der Waals surface area (Å²) in [6.07, 6.45) is 0. The highest BCUT2D eigenvalue weighted by Gasteiger charge is 2.21. The summed E-state index contributed by atoms with van der Waals surface area (Å²) >= 11 is 7.32. The molecule has 33 heavy (non-hydrogen) atoms. The number of carbonyl (C=O) groups excluding carboxylic acids is 3. The second kappa shape index (κ2) is 10.8. The van der Waals surface area contributed by atoms with E-state index in [4.69, 9.17) is 25.8 Å². The third-order valence-electron chi connectivity index (χ3n) is 4.30. The van der Waals surface area contributed by atoms with Crippen molar-refractivity contribution in [2.45, 2.75) is 13.5 Å². The maximum atomic E-state index is 12.9. The van der Waals surface area contributed by atoms with Gasteiger partial charge >= 0.3 is 5.97 Å². The molecule has 2 aromatic carbocycles. The molecule has 1 aromatic heterocycles. The van der Waals surface area contributed by atoms with Crippen molar-refractivity contribution in [3.63, 3.8) is 0 Å². The number of halogens is 1. The number of hydrogen-bond acceptors (Lipinski definition) is 8. The predicted octanol–water partition coefficient (Wildman–Crippen LogP) is 4.38. The average molecular weight is 490 g/mol. The lowest BCUT2D eigenvalue weighted by Crippen LogP contribution is -2.17. The number of methoxy groups -OCH3 is 2. The Morgan fingerprint density at radius 2 is 1.73 bits per heavy atom. The number of amides is 2. The van der Waals surface area contributed by atoms with E-state index < -0.39 is 11.9 Å². The van der Waals surface area contributed by atoms with E-state index in [1.54, 1.807) is 29.6 Å². The highest BCUT2D eigenvalue weighted by molar-refractivity contribution is 7.13. The van der Waals surface area contributed by atoms with E-state index in [1.807, 2.05) is 0 Å². The highest BCUT2D eigenvalue weighted by Crippen LogP contribution is 2.34. The summed E-state index contributed by atoms with van der Waals surface area (Å²) in [5, 5.41) is 7.56. The van der Waals surface area contributed by atoms with Gasteiger partial charge in [-0.25, -0.2) is 9.78 Å². The number of anilines is 2. The van der Waals surface area contributed by atoms with E-state index in [-0.39, 0.29) is 40.1 Å². The minimum atomic E-state index is -0.723. The number of nitrogens with one attached hydrogen (secondary N) is 2. The highest BCUT2D eigenvalue weighted by atomic mass is 35.5. The van der Waals surface area contributed by atoms with E-state index in [9.17, 15) is 14.4 Å². The lowest BCUT2D eigenvalue weighted by molar-refractivity contribution is -0.114. The molecule has 0 radical (unpaired) electrons. The molecule has 2 amide bonds. The summed E-state index contributed by atoms with van der Waals surface area (Å²) in [5.41, 5.74) is 0.894. The molecule has 0 aliphatic heterocycles. The Labute approximate surface area is 198 Å². The van der Waals surface area contributed by atoms with Crippen LogP contribution < -0.4 is 20.1 Å². The number of hydrogen-bond donors (Lipinski definition) is 2. The molecule has 0 atom stereocenters. The molecule has 0 saturated carbocycles. The maximum Gasteiger partial charge on any atom is 0.340 e. The molecule has 3 rings (SSSR count). The van der Waals surface area contributed by atoms with Gasteiger partial charge in [-0.2, -0.15) is 0 Å². The van der Waals surface area contributed by atoms with Crippen LogP contribution in [0.2, 0.25) is 5.02 Å². The standard InChI is InChI=1S/C22H20ClN3O6S/c1-12(27)24-22-25-13(11-33-22)10-32-21(29)15-8-18(30-2)19(31-3)9-17(15)26-20(28)14-6-4-5-7-16(14)23/h4-9,11H,10H2,1-3H3,(H,26,28)(H,24,25,27). The molecule has 0 saturated heterocycles. The van der Waals surface area contributed by atoms with Gasteiger partial charge in [0.2, 0.25) is 5.91 Å². The lowest BCUT2D eigenvalue weighted by Gasteiger charge is -2.15. The number of esters is 1. The molecular formula is C22H20ClN3O6S. The number of benzene rings is 2. The largest absolute Gasteiger partial charge is 0.493 e. The van der Waals surface area contributed by atoms with E-state index in [0.29, 0.717) is 16.6 Å². The van der Waals surface area contributed by atoms with Crippen molar-refractivity contribution < 1.29 is 28.6 Å². The van der Waals surface area contributed by atoms with E-state index in [1.165, 1.54) is 44.6 Å². The van der Waals surface area contributed by atoms with Crippen LogP contribution in [0.3, 0.4) is 0 Å². The third-order valence-corrected chi connectivity index (χ3v) is 5.43. The van der Waals surface area contributed by atoms with Crippen molar-refractivity contribution in [3.05, 3.63) is 63.6 Å². The van der Waals surface area contributed by atoms with Crippen molar-refractivity contribution in [1.82, 2.24) is 4.98 Å². The maximum absolute atomic E-state index is 12.9. The third kappa shape index (κ3) is 5.99. The number of carbonyl (C=O) groups is 3. The smallest absolute Gasteiger partial charge is 0.340 e. The fourth-order valence-electron chi connectivity index (χ4n) is 2.78. The van der Waals surface area contributed by atoms with E-state index >= 15 is 0 Å². The molecule has 1 heterocycles.